The van der Waals surface area contributed by atoms with E-state index in [1.807, 2.05) is 13.8 Å². The van der Waals surface area contributed by atoms with E-state index >= 15 is 0 Å². The van der Waals surface area contributed by atoms with Gasteiger partial charge in [-0.05, 0) is 26.8 Å². The van der Waals surface area contributed by atoms with E-state index in [0.717, 1.165) is 0 Å². The van der Waals surface area contributed by atoms with Crippen molar-refractivity contribution >= 4 is 11.9 Å². The maximum atomic E-state index is 11.9. The Balaban J connectivity index is 1.79. The van der Waals surface area contributed by atoms with E-state index in [4.69, 9.17) is 8.94 Å². The van der Waals surface area contributed by atoms with Gasteiger partial charge >= 0.3 is 6.01 Å². The van der Waals surface area contributed by atoms with Gasteiger partial charge in [0.25, 0.3) is 11.8 Å². The molecule has 3 aromatic rings. The smallest absolute Gasteiger partial charge is 0.322 e. The van der Waals surface area contributed by atoms with Crippen molar-refractivity contribution in [2.45, 2.75) is 26.8 Å². The van der Waals surface area contributed by atoms with Gasteiger partial charge in [0.2, 0.25) is 5.76 Å². The lowest BCUT2D eigenvalue weighted by molar-refractivity contribution is 0.0985. The van der Waals surface area contributed by atoms with Gasteiger partial charge in [-0.3, -0.25) is 14.8 Å². The van der Waals surface area contributed by atoms with E-state index in [0.29, 0.717) is 11.4 Å². The van der Waals surface area contributed by atoms with Crippen molar-refractivity contribution in [3.05, 3.63) is 29.8 Å². The van der Waals surface area contributed by atoms with E-state index in [-0.39, 0.29) is 23.7 Å². The van der Waals surface area contributed by atoms with E-state index in [2.05, 4.69) is 25.8 Å². The molecule has 9 heteroatoms. The molecule has 0 saturated carbocycles. The van der Waals surface area contributed by atoms with E-state index in [1.165, 1.54) is 6.07 Å². The van der Waals surface area contributed by atoms with Gasteiger partial charge in [-0.1, -0.05) is 10.3 Å². The Bertz CT molecular complexity index is 800. The molecule has 0 aliphatic rings. The zero-order valence-corrected chi connectivity index (χ0v) is 12.3. The van der Waals surface area contributed by atoms with Crippen LogP contribution in [0.3, 0.4) is 0 Å². The highest BCUT2D eigenvalue weighted by atomic mass is 16.5. The Kier molecular flexibility index (Phi) is 3.45. The topological polar surface area (TPSA) is 112 Å². The first-order chi connectivity index (χ1) is 10.5. The van der Waals surface area contributed by atoms with Crippen LogP contribution in [-0.2, 0) is 0 Å². The van der Waals surface area contributed by atoms with Crippen LogP contribution in [0.15, 0.2) is 27.3 Å². The Morgan fingerprint density at radius 1 is 1.36 bits per heavy atom. The molecule has 0 bridgehead atoms. The van der Waals surface area contributed by atoms with Crippen LogP contribution in [0.5, 0.6) is 0 Å². The highest BCUT2D eigenvalue weighted by molar-refractivity contribution is 6.00. The molecule has 114 valence electrons. The molecule has 3 aromatic heterocycles. The standard InChI is InChI=1S/C13H14N6O3/c1-7(2)19-9(4-5-14-19)12-16-17-13(21-12)15-11(20)10-6-8(3)18-22-10/h4-7H,1-3H3,(H,15,17,20). The minimum absolute atomic E-state index is 0.0226. The second-order valence-corrected chi connectivity index (χ2v) is 4.95. The Hall–Kier alpha value is -2.97. The van der Waals surface area contributed by atoms with Crippen molar-refractivity contribution in [2.75, 3.05) is 5.32 Å². The molecule has 3 rings (SSSR count). The number of nitrogens with one attached hydrogen (secondary N) is 1. The summed E-state index contributed by atoms with van der Waals surface area (Å²) >= 11 is 0. The number of aromatic nitrogens is 5. The van der Waals surface area contributed by atoms with Crippen LogP contribution in [0.2, 0.25) is 0 Å². The summed E-state index contributed by atoms with van der Waals surface area (Å²) in [4.78, 5) is 11.9. The minimum atomic E-state index is -0.506. The number of anilines is 1. The molecule has 22 heavy (non-hydrogen) atoms. The molecule has 0 spiro atoms. The lowest BCUT2D eigenvalue weighted by atomic mass is 10.3. The van der Waals surface area contributed by atoms with Crippen molar-refractivity contribution in [3.8, 4) is 11.6 Å². The Morgan fingerprint density at radius 2 is 2.18 bits per heavy atom. The number of aryl methyl sites for hydroxylation is 1. The van der Waals surface area contributed by atoms with E-state index in [1.54, 1.807) is 23.9 Å². The van der Waals surface area contributed by atoms with Crippen molar-refractivity contribution < 1.29 is 13.7 Å². The van der Waals surface area contributed by atoms with Crippen molar-refractivity contribution in [1.82, 2.24) is 25.1 Å². The van der Waals surface area contributed by atoms with Gasteiger partial charge in [0.05, 0.1) is 5.69 Å². The quantitative estimate of drug-likeness (QED) is 0.784. The third-order valence-electron chi connectivity index (χ3n) is 2.88. The van der Waals surface area contributed by atoms with Crippen molar-refractivity contribution in [2.24, 2.45) is 0 Å². The average molecular weight is 302 g/mol. The maximum Gasteiger partial charge on any atom is 0.322 e. The third-order valence-corrected chi connectivity index (χ3v) is 2.88. The molecule has 0 aliphatic carbocycles. The van der Waals surface area contributed by atoms with Crippen molar-refractivity contribution in [1.29, 1.82) is 0 Å². The fraction of sp³-hybridized carbons (Fsp3) is 0.308. The van der Waals surface area contributed by atoms with Crippen LogP contribution in [0.1, 0.15) is 36.1 Å². The fourth-order valence-corrected chi connectivity index (χ4v) is 1.90. The summed E-state index contributed by atoms with van der Waals surface area (Å²) in [5.41, 5.74) is 1.29. The summed E-state index contributed by atoms with van der Waals surface area (Å²) in [5.74, 6) is -0.159. The number of amides is 1. The molecule has 1 amide bonds. The zero-order valence-electron chi connectivity index (χ0n) is 12.3. The molecule has 0 unspecified atom stereocenters. The minimum Gasteiger partial charge on any atom is -0.401 e. The number of hydrogen-bond acceptors (Lipinski definition) is 7. The molecular weight excluding hydrogens is 288 g/mol. The monoisotopic (exact) mass is 302 g/mol. The SMILES string of the molecule is Cc1cc(C(=O)Nc2nnc(-c3ccnn3C(C)C)o2)on1. The largest absolute Gasteiger partial charge is 0.401 e. The third kappa shape index (κ3) is 2.60. The molecule has 0 atom stereocenters. The van der Waals surface area contributed by atoms with Gasteiger partial charge in [-0.15, -0.1) is 5.10 Å². The summed E-state index contributed by atoms with van der Waals surface area (Å²) < 4.78 is 12.1. The molecule has 3 heterocycles. The summed E-state index contributed by atoms with van der Waals surface area (Å²) in [6.07, 6.45) is 1.65. The fourth-order valence-electron chi connectivity index (χ4n) is 1.90. The van der Waals surface area contributed by atoms with Gasteiger partial charge in [-0.25, -0.2) is 0 Å². The van der Waals surface area contributed by atoms with Gasteiger partial charge in [0.15, 0.2) is 0 Å². The summed E-state index contributed by atoms with van der Waals surface area (Å²) in [6, 6.07) is 3.40. The normalized spacial score (nSPS) is 11.1. The molecule has 0 aromatic carbocycles. The van der Waals surface area contributed by atoms with E-state index in [9.17, 15) is 4.79 Å². The number of hydrogen-bond donors (Lipinski definition) is 1. The highest BCUT2D eigenvalue weighted by Gasteiger charge is 2.18. The highest BCUT2D eigenvalue weighted by Crippen LogP contribution is 2.22. The predicted octanol–water partition coefficient (Wildman–Crippen LogP) is 2.06. The molecular formula is C13H14N6O3. The van der Waals surface area contributed by atoms with Crippen LogP contribution in [-0.4, -0.2) is 31.0 Å². The molecule has 0 saturated heterocycles. The number of nitrogens with zero attached hydrogens (tertiary/aromatic N) is 5. The second kappa shape index (κ2) is 5.43. The first kappa shape index (κ1) is 14.0. The molecule has 1 N–H and O–H groups in total. The lowest BCUT2D eigenvalue weighted by Crippen LogP contribution is -2.11. The first-order valence-corrected chi connectivity index (χ1v) is 6.66. The second-order valence-electron chi connectivity index (χ2n) is 4.95. The number of rotatable bonds is 4. The summed E-state index contributed by atoms with van der Waals surface area (Å²) in [6.45, 7) is 5.70. The van der Waals surface area contributed by atoms with Crippen LogP contribution in [0.25, 0.3) is 11.6 Å². The van der Waals surface area contributed by atoms with Gasteiger partial charge < -0.3 is 8.94 Å². The molecule has 9 nitrogen and oxygen atoms in total. The Morgan fingerprint density at radius 3 is 2.86 bits per heavy atom. The average Bonchev–Trinajstić information content (AvgIpc) is 3.16. The summed E-state index contributed by atoms with van der Waals surface area (Å²) in [5, 5.41) is 18.0. The van der Waals surface area contributed by atoms with Crippen molar-refractivity contribution in [3.63, 3.8) is 0 Å². The number of carbonyl (C=O) groups excluding carboxylic acids is 1. The predicted molar refractivity (Wildman–Crippen MR) is 75.1 cm³/mol. The van der Waals surface area contributed by atoms with Crippen LogP contribution in [0.4, 0.5) is 6.01 Å². The van der Waals surface area contributed by atoms with E-state index < -0.39 is 5.91 Å². The van der Waals surface area contributed by atoms with Crippen LogP contribution in [0, 0.1) is 6.92 Å². The van der Waals surface area contributed by atoms with Crippen LogP contribution >= 0.6 is 0 Å². The molecule has 0 aliphatic heterocycles. The Labute approximate surface area is 125 Å². The molecule has 0 radical (unpaired) electrons. The summed E-state index contributed by atoms with van der Waals surface area (Å²) in [7, 11) is 0. The molecule has 0 fully saturated rings. The van der Waals surface area contributed by atoms with Crippen LogP contribution < -0.4 is 5.32 Å². The maximum absolute atomic E-state index is 11.9. The van der Waals surface area contributed by atoms with Gasteiger partial charge in [0, 0.05) is 18.3 Å². The zero-order chi connectivity index (χ0) is 15.7. The first-order valence-electron chi connectivity index (χ1n) is 6.66. The number of carbonyl (C=O) groups is 1. The van der Waals surface area contributed by atoms with Gasteiger partial charge in [-0.2, -0.15) is 5.10 Å². The van der Waals surface area contributed by atoms with Gasteiger partial charge in [0.1, 0.15) is 5.69 Å². The lowest BCUT2D eigenvalue weighted by Gasteiger charge is -2.07.